The maximum Gasteiger partial charge on any atom is 0.329 e. The Hall–Kier alpha value is -1.59. The van der Waals surface area contributed by atoms with Gasteiger partial charge in [0.25, 0.3) is 0 Å². The van der Waals surface area contributed by atoms with Crippen LogP contribution in [0.25, 0.3) is 0 Å². The van der Waals surface area contributed by atoms with E-state index >= 15 is 0 Å². The van der Waals surface area contributed by atoms with Crippen molar-refractivity contribution < 1.29 is 9.59 Å². The summed E-state index contributed by atoms with van der Waals surface area (Å²) in [5, 5.41) is 4.55. The van der Waals surface area contributed by atoms with E-state index in [4.69, 9.17) is 23.2 Å². The molecule has 1 aromatic carbocycles. The Bertz CT molecular complexity index is 534. The molecule has 0 saturated carbocycles. The molecule has 0 spiro atoms. The van der Waals surface area contributed by atoms with Crippen LogP contribution >= 0.6 is 23.2 Å². The van der Waals surface area contributed by atoms with Crippen LogP contribution in [-0.2, 0) is 9.59 Å². The van der Waals surface area contributed by atoms with Crippen LogP contribution in [0.4, 0.5) is 0 Å². The lowest BCUT2D eigenvalue weighted by Gasteiger charge is -2.12. The van der Waals surface area contributed by atoms with Crippen LogP contribution in [0.5, 0.6) is 0 Å². The molecular formula is C13H13Cl2N3O2. The lowest BCUT2D eigenvalue weighted by atomic mass is 10.2. The molecule has 5 nitrogen and oxygen atoms in total. The minimum Gasteiger partial charge on any atom is -0.334 e. The van der Waals surface area contributed by atoms with Gasteiger partial charge in [-0.25, -0.2) is 5.43 Å². The van der Waals surface area contributed by atoms with E-state index in [0.29, 0.717) is 28.7 Å². The Labute approximate surface area is 126 Å². The molecule has 0 unspecified atom stereocenters. The third kappa shape index (κ3) is 3.49. The van der Waals surface area contributed by atoms with Crippen LogP contribution < -0.4 is 5.43 Å². The molecule has 0 atom stereocenters. The number of benzene rings is 1. The van der Waals surface area contributed by atoms with Gasteiger partial charge in [0.2, 0.25) is 0 Å². The molecule has 1 N–H and O–H groups in total. The Morgan fingerprint density at radius 2 is 1.80 bits per heavy atom. The van der Waals surface area contributed by atoms with E-state index in [-0.39, 0.29) is 0 Å². The van der Waals surface area contributed by atoms with E-state index in [2.05, 4.69) is 10.5 Å². The van der Waals surface area contributed by atoms with Crippen molar-refractivity contribution in [2.24, 2.45) is 5.10 Å². The number of hydrogen-bond acceptors (Lipinski definition) is 3. The van der Waals surface area contributed by atoms with E-state index in [1.807, 2.05) is 0 Å². The number of carbonyl (C=O) groups is 2. The zero-order valence-corrected chi connectivity index (χ0v) is 12.1. The number of hydrazone groups is 1. The molecule has 0 radical (unpaired) electrons. The van der Waals surface area contributed by atoms with E-state index < -0.39 is 11.8 Å². The smallest absolute Gasteiger partial charge is 0.329 e. The van der Waals surface area contributed by atoms with Gasteiger partial charge in [-0.15, -0.1) is 0 Å². The summed E-state index contributed by atoms with van der Waals surface area (Å²) in [4.78, 5) is 24.8. The molecule has 1 aliphatic heterocycles. The van der Waals surface area contributed by atoms with Crippen molar-refractivity contribution in [3.63, 3.8) is 0 Å². The molecule has 2 rings (SSSR count). The number of amides is 2. The van der Waals surface area contributed by atoms with Gasteiger partial charge >= 0.3 is 11.8 Å². The number of nitrogens with one attached hydrogen (secondary N) is 1. The van der Waals surface area contributed by atoms with Crippen LogP contribution in [0.15, 0.2) is 23.3 Å². The normalized spacial score (nSPS) is 14.8. The predicted molar refractivity (Wildman–Crippen MR) is 78.0 cm³/mol. The molecule has 0 bridgehead atoms. The van der Waals surface area contributed by atoms with Crippen LogP contribution in [0.1, 0.15) is 18.4 Å². The Morgan fingerprint density at radius 1 is 1.20 bits per heavy atom. The topological polar surface area (TPSA) is 61.8 Å². The summed E-state index contributed by atoms with van der Waals surface area (Å²) in [6.07, 6.45) is 3.18. The first kappa shape index (κ1) is 14.8. The summed E-state index contributed by atoms with van der Waals surface area (Å²) in [5.41, 5.74) is 2.67. The molecule has 2 amide bonds. The van der Waals surface area contributed by atoms with Gasteiger partial charge in [-0.1, -0.05) is 29.3 Å². The molecule has 1 heterocycles. The average molecular weight is 314 g/mol. The lowest BCUT2D eigenvalue weighted by molar-refractivity contribution is -0.145. The van der Waals surface area contributed by atoms with Crippen LogP contribution in [0.3, 0.4) is 0 Å². The highest BCUT2D eigenvalue weighted by atomic mass is 35.5. The lowest BCUT2D eigenvalue weighted by Crippen LogP contribution is -2.39. The third-order valence-corrected chi connectivity index (χ3v) is 3.61. The molecule has 1 saturated heterocycles. The van der Waals surface area contributed by atoms with Gasteiger partial charge in [-0.3, -0.25) is 9.59 Å². The van der Waals surface area contributed by atoms with Crippen molar-refractivity contribution in [1.29, 1.82) is 0 Å². The highest BCUT2D eigenvalue weighted by molar-refractivity contribution is 6.38. The number of rotatable bonds is 2. The van der Waals surface area contributed by atoms with Crippen molar-refractivity contribution in [1.82, 2.24) is 10.3 Å². The molecule has 0 aliphatic carbocycles. The quantitative estimate of drug-likeness (QED) is 0.516. The molecule has 0 aromatic heterocycles. The van der Waals surface area contributed by atoms with E-state index in [0.717, 1.165) is 12.8 Å². The van der Waals surface area contributed by atoms with E-state index in [1.165, 1.54) is 11.1 Å². The van der Waals surface area contributed by atoms with E-state index in [9.17, 15) is 9.59 Å². The first-order chi connectivity index (χ1) is 9.59. The van der Waals surface area contributed by atoms with Crippen LogP contribution in [-0.4, -0.2) is 36.0 Å². The fourth-order valence-electron chi connectivity index (χ4n) is 1.90. The monoisotopic (exact) mass is 313 g/mol. The minimum atomic E-state index is -0.758. The van der Waals surface area contributed by atoms with Crippen molar-refractivity contribution in [2.75, 3.05) is 13.1 Å². The molecule has 1 fully saturated rings. The maximum atomic E-state index is 11.7. The Balaban J connectivity index is 1.96. The van der Waals surface area contributed by atoms with Gasteiger partial charge in [-0.05, 0) is 25.0 Å². The largest absolute Gasteiger partial charge is 0.334 e. The first-order valence-corrected chi connectivity index (χ1v) is 6.91. The average Bonchev–Trinajstić information content (AvgIpc) is 2.95. The standard InChI is InChI=1S/C13H13Cl2N3O2/c14-10-4-3-5-11(15)9(10)8-16-17-12(19)13(20)18-6-1-2-7-18/h3-5,8H,1-2,6-7H2,(H,17,19)/b16-8-. The Morgan fingerprint density at radius 3 is 2.40 bits per heavy atom. The van der Waals surface area contributed by atoms with Gasteiger partial charge in [0.05, 0.1) is 16.3 Å². The second-order valence-electron chi connectivity index (χ2n) is 4.33. The SMILES string of the molecule is O=C(N/N=C\c1c(Cl)cccc1Cl)C(=O)N1CCCC1. The van der Waals surface area contributed by atoms with Crippen molar-refractivity contribution in [3.05, 3.63) is 33.8 Å². The Kier molecular flexibility index (Phi) is 4.98. The van der Waals surface area contributed by atoms with Crippen molar-refractivity contribution >= 4 is 41.2 Å². The fraction of sp³-hybridized carbons (Fsp3) is 0.308. The zero-order chi connectivity index (χ0) is 14.5. The van der Waals surface area contributed by atoms with Gasteiger partial charge in [-0.2, -0.15) is 5.10 Å². The molecule has 1 aromatic rings. The zero-order valence-electron chi connectivity index (χ0n) is 10.6. The van der Waals surface area contributed by atoms with Gasteiger partial charge in [0.15, 0.2) is 0 Å². The van der Waals surface area contributed by atoms with Crippen molar-refractivity contribution in [3.8, 4) is 0 Å². The van der Waals surface area contributed by atoms with Gasteiger partial charge < -0.3 is 4.90 Å². The summed E-state index contributed by atoms with van der Waals surface area (Å²) in [6.45, 7) is 1.23. The number of carbonyl (C=O) groups excluding carboxylic acids is 2. The number of nitrogens with zero attached hydrogens (tertiary/aromatic N) is 2. The summed E-state index contributed by atoms with van der Waals surface area (Å²) in [5.74, 6) is -1.32. The summed E-state index contributed by atoms with van der Waals surface area (Å²) in [6, 6.07) is 5.02. The molecule has 1 aliphatic rings. The minimum absolute atomic E-state index is 0.418. The third-order valence-electron chi connectivity index (χ3n) is 2.95. The predicted octanol–water partition coefficient (Wildman–Crippen LogP) is 2.07. The number of halogens is 2. The summed E-state index contributed by atoms with van der Waals surface area (Å²) >= 11 is 11.9. The summed E-state index contributed by atoms with van der Waals surface area (Å²) in [7, 11) is 0. The number of likely N-dealkylation sites (tertiary alicyclic amines) is 1. The fourth-order valence-corrected chi connectivity index (χ4v) is 2.40. The van der Waals surface area contributed by atoms with Gasteiger partial charge in [0.1, 0.15) is 0 Å². The maximum absolute atomic E-state index is 11.7. The molecule has 106 valence electrons. The second-order valence-corrected chi connectivity index (χ2v) is 5.15. The van der Waals surface area contributed by atoms with Crippen LogP contribution in [0, 0.1) is 0 Å². The van der Waals surface area contributed by atoms with E-state index in [1.54, 1.807) is 18.2 Å². The molecule has 7 heteroatoms. The first-order valence-electron chi connectivity index (χ1n) is 6.16. The summed E-state index contributed by atoms with van der Waals surface area (Å²) < 4.78 is 0. The second kappa shape index (κ2) is 6.72. The highest BCUT2D eigenvalue weighted by Gasteiger charge is 2.23. The van der Waals surface area contributed by atoms with Crippen molar-refractivity contribution in [2.45, 2.75) is 12.8 Å². The van der Waals surface area contributed by atoms with Crippen LogP contribution in [0.2, 0.25) is 10.0 Å². The molecule has 20 heavy (non-hydrogen) atoms. The van der Waals surface area contributed by atoms with Gasteiger partial charge in [0, 0.05) is 18.7 Å². The highest BCUT2D eigenvalue weighted by Crippen LogP contribution is 2.21. The molecular weight excluding hydrogens is 301 g/mol. The number of hydrogen-bond donors (Lipinski definition) is 1.